The lowest BCUT2D eigenvalue weighted by Gasteiger charge is -2.28. The number of hydrogen-bond donors (Lipinski definition) is 0. The van der Waals surface area contributed by atoms with Gasteiger partial charge in [-0.15, -0.1) is 0 Å². The molecular weight excluding hydrogens is 368 g/mol. The van der Waals surface area contributed by atoms with Crippen molar-refractivity contribution in [3.8, 4) is 11.1 Å². The van der Waals surface area contributed by atoms with Crippen LogP contribution in [-0.2, 0) is 19.5 Å². The fourth-order valence-electron chi connectivity index (χ4n) is 4.67. The average Bonchev–Trinajstić information content (AvgIpc) is 3.12. The molecule has 2 heterocycles. The highest BCUT2D eigenvalue weighted by Crippen LogP contribution is 2.34. The van der Waals surface area contributed by atoms with Crippen LogP contribution in [0.25, 0.3) is 22.0 Å². The SMILES string of the molecule is CCn1c2c(c3cc(-c4ccc(C)cc4)ccc31)CN(C(=O)c1ccccc1)CC2. The molecule has 150 valence electrons. The molecule has 0 aliphatic carbocycles. The number of fused-ring (bicyclic) bond motifs is 3. The van der Waals surface area contributed by atoms with Gasteiger partial charge in [-0.3, -0.25) is 4.79 Å². The van der Waals surface area contributed by atoms with Gasteiger partial charge in [0.25, 0.3) is 5.91 Å². The van der Waals surface area contributed by atoms with Crippen LogP contribution in [0.15, 0.2) is 72.8 Å². The molecule has 3 nitrogen and oxygen atoms in total. The molecule has 3 aromatic carbocycles. The third-order valence-electron chi connectivity index (χ3n) is 6.26. The van der Waals surface area contributed by atoms with Crippen molar-refractivity contribution in [3.05, 3.63) is 95.2 Å². The fraction of sp³-hybridized carbons (Fsp3) is 0.222. The van der Waals surface area contributed by atoms with Crippen molar-refractivity contribution in [2.75, 3.05) is 6.54 Å². The molecule has 1 aliphatic rings. The summed E-state index contributed by atoms with van der Waals surface area (Å²) in [6.07, 6.45) is 0.899. The maximum Gasteiger partial charge on any atom is 0.254 e. The van der Waals surface area contributed by atoms with Gasteiger partial charge in [0.05, 0.1) is 0 Å². The number of aromatic nitrogens is 1. The largest absolute Gasteiger partial charge is 0.344 e. The van der Waals surface area contributed by atoms with Gasteiger partial charge < -0.3 is 9.47 Å². The second-order valence-corrected chi connectivity index (χ2v) is 8.11. The van der Waals surface area contributed by atoms with E-state index in [4.69, 9.17) is 0 Å². The van der Waals surface area contributed by atoms with E-state index in [1.807, 2.05) is 35.2 Å². The summed E-state index contributed by atoms with van der Waals surface area (Å²) >= 11 is 0. The van der Waals surface area contributed by atoms with E-state index >= 15 is 0 Å². The molecule has 3 heteroatoms. The minimum Gasteiger partial charge on any atom is -0.344 e. The summed E-state index contributed by atoms with van der Waals surface area (Å²) in [6.45, 7) is 6.70. The lowest BCUT2D eigenvalue weighted by atomic mass is 9.99. The van der Waals surface area contributed by atoms with Crippen LogP contribution in [-0.4, -0.2) is 21.9 Å². The molecule has 1 aliphatic heterocycles. The molecule has 0 radical (unpaired) electrons. The zero-order valence-corrected chi connectivity index (χ0v) is 17.6. The van der Waals surface area contributed by atoms with Crippen LogP contribution < -0.4 is 0 Å². The van der Waals surface area contributed by atoms with Crippen LogP contribution in [0.5, 0.6) is 0 Å². The predicted molar refractivity (Wildman–Crippen MR) is 123 cm³/mol. The topological polar surface area (TPSA) is 25.2 Å². The molecule has 30 heavy (non-hydrogen) atoms. The number of carbonyl (C=O) groups is 1. The van der Waals surface area contributed by atoms with Crippen LogP contribution in [0.4, 0.5) is 0 Å². The Kier molecular flexibility index (Phi) is 4.66. The Morgan fingerprint density at radius 3 is 2.40 bits per heavy atom. The van der Waals surface area contributed by atoms with Gasteiger partial charge in [0.2, 0.25) is 0 Å². The van der Waals surface area contributed by atoms with Gasteiger partial charge in [-0.1, -0.05) is 54.1 Å². The zero-order valence-electron chi connectivity index (χ0n) is 17.6. The molecule has 0 unspecified atom stereocenters. The second-order valence-electron chi connectivity index (χ2n) is 8.11. The first-order valence-corrected chi connectivity index (χ1v) is 10.7. The van der Waals surface area contributed by atoms with Crippen molar-refractivity contribution < 1.29 is 4.79 Å². The van der Waals surface area contributed by atoms with Crippen LogP contribution in [0.1, 0.15) is 34.1 Å². The minimum absolute atomic E-state index is 0.119. The number of rotatable bonds is 3. The van der Waals surface area contributed by atoms with Gasteiger partial charge in [0, 0.05) is 53.8 Å². The lowest BCUT2D eigenvalue weighted by molar-refractivity contribution is 0.0734. The van der Waals surface area contributed by atoms with Gasteiger partial charge in [-0.05, 0) is 49.2 Å². The molecule has 0 spiro atoms. The number of nitrogens with zero attached hydrogens (tertiary/aromatic N) is 2. The third kappa shape index (κ3) is 3.11. The Bertz CT molecular complexity index is 1220. The Balaban J connectivity index is 1.58. The van der Waals surface area contributed by atoms with E-state index in [0.29, 0.717) is 6.54 Å². The Hall–Kier alpha value is -3.33. The molecule has 0 fully saturated rings. The van der Waals surface area contributed by atoms with E-state index in [2.05, 4.69) is 60.9 Å². The van der Waals surface area contributed by atoms with Gasteiger partial charge in [0.1, 0.15) is 0 Å². The Morgan fingerprint density at radius 2 is 1.67 bits per heavy atom. The standard InChI is InChI=1S/C27H26N2O/c1-3-29-25-14-13-22(20-11-9-19(2)10-12-20)17-23(25)24-18-28(16-15-26(24)29)27(30)21-7-5-4-6-8-21/h4-14,17H,3,15-16,18H2,1-2H3. The van der Waals surface area contributed by atoms with Crippen molar-refractivity contribution in [1.29, 1.82) is 0 Å². The molecule has 0 atom stereocenters. The quantitative estimate of drug-likeness (QED) is 0.429. The maximum absolute atomic E-state index is 13.1. The van der Waals surface area contributed by atoms with Crippen molar-refractivity contribution in [2.45, 2.75) is 33.4 Å². The van der Waals surface area contributed by atoms with Crippen molar-refractivity contribution >= 4 is 16.8 Å². The highest BCUT2D eigenvalue weighted by molar-refractivity contribution is 5.95. The van der Waals surface area contributed by atoms with Gasteiger partial charge in [-0.25, -0.2) is 0 Å². The highest BCUT2D eigenvalue weighted by atomic mass is 16.2. The van der Waals surface area contributed by atoms with E-state index in [1.165, 1.54) is 38.9 Å². The van der Waals surface area contributed by atoms with E-state index in [-0.39, 0.29) is 5.91 Å². The van der Waals surface area contributed by atoms with Crippen molar-refractivity contribution in [3.63, 3.8) is 0 Å². The van der Waals surface area contributed by atoms with Crippen LogP contribution >= 0.6 is 0 Å². The van der Waals surface area contributed by atoms with E-state index in [0.717, 1.165) is 25.1 Å². The monoisotopic (exact) mass is 394 g/mol. The zero-order chi connectivity index (χ0) is 20.7. The third-order valence-corrected chi connectivity index (χ3v) is 6.26. The molecule has 1 aromatic heterocycles. The van der Waals surface area contributed by atoms with Crippen LogP contribution in [0.3, 0.4) is 0 Å². The van der Waals surface area contributed by atoms with Crippen molar-refractivity contribution in [1.82, 2.24) is 9.47 Å². The first-order valence-electron chi connectivity index (χ1n) is 10.7. The van der Waals surface area contributed by atoms with E-state index in [9.17, 15) is 4.79 Å². The average molecular weight is 395 g/mol. The van der Waals surface area contributed by atoms with E-state index in [1.54, 1.807) is 0 Å². The molecule has 4 aromatic rings. The number of hydrogen-bond acceptors (Lipinski definition) is 1. The number of benzene rings is 3. The summed E-state index contributed by atoms with van der Waals surface area (Å²) in [7, 11) is 0. The highest BCUT2D eigenvalue weighted by Gasteiger charge is 2.27. The predicted octanol–water partition coefficient (Wildman–Crippen LogP) is 5.84. The van der Waals surface area contributed by atoms with Gasteiger partial charge in [0.15, 0.2) is 0 Å². The normalized spacial score (nSPS) is 13.5. The fourth-order valence-corrected chi connectivity index (χ4v) is 4.67. The number of carbonyl (C=O) groups excluding carboxylic acids is 1. The summed E-state index contributed by atoms with van der Waals surface area (Å²) in [4.78, 5) is 15.1. The lowest BCUT2D eigenvalue weighted by Crippen LogP contribution is -2.36. The first kappa shape index (κ1) is 18.7. The number of aryl methyl sites for hydroxylation is 2. The van der Waals surface area contributed by atoms with Crippen LogP contribution in [0, 0.1) is 6.92 Å². The minimum atomic E-state index is 0.119. The first-order chi connectivity index (χ1) is 14.7. The Labute approximate surface area is 177 Å². The summed E-state index contributed by atoms with van der Waals surface area (Å²) < 4.78 is 2.42. The summed E-state index contributed by atoms with van der Waals surface area (Å²) in [6, 6.07) is 25.1. The van der Waals surface area contributed by atoms with Crippen LogP contribution in [0.2, 0.25) is 0 Å². The number of amides is 1. The summed E-state index contributed by atoms with van der Waals surface area (Å²) in [5.41, 5.74) is 8.44. The summed E-state index contributed by atoms with van der Waals surface area (Å²) in [5.74, 6) is 0.119. The molecule has 0 N–H and O–H groups in total. The maximum atomic E-state index is 13.1. The van der Waals surface area contributed by atoms with Gasteiger partial charge >= 0.3 is 0 Å². The summed E-state index contributed by atoms with van der Waals surface area (Å²) in [5, 5.41) is 1.27. The smallest absolute Gasteiger partial charge is 0.254 e. The molecule has 0 saturated carbocycles. The molecule has 1 amide bonds. The molecule has 0 bridgehead atoms. The van der Waals surface area contributed by atoms with Crippen molar-refractivity contribution in [2.24, 2.45) is 0 Å². The molecule has 5 rings (SSSR count). The second kappa shape index (κ2) is 7.49. The Morgan fingerprint density at radius 1 is 0.933 bits per heavy atom. The molecule has 0 saturated heterocycles. The molecular formula is C27H26N2O. The van der Waals surface area contributed by atoms with E-state index < -0.39 is 0 Å². The van der Waals surface area contributed by atoms with Gasteiger partial charge in [-0.2, -0.15) is 0 Å².